The van der Waals surface area contributed by atoms with Crippen LogP contribution in [-0.4, -0.2) is 36.5 Å². The monoisotopic (exact) mass is 250 g/mol. The van der Waals surface area contributed by atoms with Crippen molar-refractivity contribution in [3.63, 3.8) is 0 Å². The van der Waals surface area contributed by atoms with Crippen molar-refractivity contribution in [2.45, 2.75) is 51.0 Å². The first kappa shape index (κ1) is 13.6. The van der Waals surface area contributed by atoms with Crippen LogP contribution in [0.1, 0.15) is 44.9 Å². The summed E-state index contributed by atoms with van der Waals surface area (Å²) in [5.41, 5.74) is 0. The quantitative estimate of drug-likeness (QED) is 0.555. The number of hydrogen-bond donors (Lipinski definition) is 1. The van der Waals surface area contributed by atoms with Crippen molar-refractivity contribution in [1.82, 2.24) is 10.2 Å². The third-order valence-corrected chi connectivity index (χ3v) is 4.04. The average molecular weight is 250 g/mol. The molecule has 2 fully saturated rings. The summed E-state index contributed by atoms with van der Waals surface area (Å²) in [5, 5.41) is 3.64. The fraction of sp³-hybridized carbons (Fsp3) is 0.800. The lowest BCUT2D eigenvalue weighted by Crippen LogP contribution is -2.45. The molecule has 102 valence electrons. The van der Waals surface area contributed by atoms with Gasteiger partial charge < -0.3 is 10.2 Å². The predicted octanol–water partition coefficient (Wildman–Crippen LogP) is 2.33. The number of carbonyl (C=O) groups excluding carboxylic acids is 1. The second-order valence-corrected chi connectivity index (χ2v) is 5.69. The van der Waals surface area contributed by atoms with Gasteiger partial charge in [0.2, 0.25) is 5.91 Å². The number of rotatable bonds is 7. The van der Waals surface area contributed by atoms with E-state index in [-0.39, 0.29) is 0 Å². The Morgan fingerprint density at radius 1 is 1.28 bits per heavy atom. The van der Waals surface area contributed by atoms with Crippen LogP contribution in [-0.2, 0) is 4.79 Å². The maximum atomic E-state index is 11.9. The van der Waals surface area contributed by atoms with E-state index in [4.69, 9.17) is 0 Å². The zero-order chi connectivity index (χ0) is 12.8. The average Bonchev–Trinajstić information content (AvgIpc) is 3.21. The lowest BCUT2D eigenvalue weighted by Gasteiger charge is -2.32. The number of nitrogens with zero attached hydrogens (tertiary/aromatic N) is 1. The smallest absolute Gasteiger partial charge is 0.222 e. The Morgan fingerprint density at radius 3 is 2.61 bits per heavy atom. The first-order valence-electron chi connectivity index (χ1n) is 7.41. The van der Waals surface area contributed by atoms with Crippen LogP contribution in [0.3, 0.4) is 0 Å². The molecule has 2 aliphatic rings. The molecule has 1 amide bonds. The van der Waals surface area contributed by atoms with E-state index < -0.39 is 0 Å². The van der Waals surface area contributed by atoms with Crippen LogP contribution in [0.15, 0.2) is 12.7 Å². The largest absolute Gasteiger partial charge is 0.343 e. The summed E-state index contributed by atoms with van der Waals surface area (Å²) in [5.74, 6) is 1.28. The Labute approximate surface area is 111 Å². The molecule has 1 heterocycles. The molecule has 1 saturated heterocycles. The molecule has 0 aromatic heterocycles. The third kappa shape index (κ3) is 4.45. The fourth-order valence-corrected chi connectivity index (χ4v) is 2.54. The van der Waals surface area contributed by atoms with Crippen molar-refractivity contribution in [3.8, 4) is 0 Å². The lowest BCUT2D eigenvalue weighted by molar-refractivity contribution is -0.132. The predicted molar refractivity (Wildman–Crippen MR) is 74.4 cm³/mol. The van der Waals surface area contributed by atoms with Gasteiger partial charge in [0.1, 0.15) is 0 Å². The highest BCUT2D eigenvalue weighted by atomic mass is 16.2. The molecule has 0 aromatic rings. The molecule has 0 atom stereocenters. The number of carbonyl (C=O) groups is 1. The molecule has 0 bridgehead atoms. The van der Waals surface area contributed by atoms with Crippen molar-refractivity contribution in [1.29, 1.82) is 0 Å². The SMILES string of the molecule is C=CCCCC(=O)N1CCC(NCC2CC2)CC1. The molecule has 0 radical (unpaired) electrons. The molecule has 18 heavy (non-hydrogen) atoms. The van der Waals surface area contributed by atoms with Gasteiger partial charge in [0.15, 0.2) is 0 Å². The fourth-order valence-electron chi connectivity index (χ4n) is 2.54. The zero-order valence-corrected chi connectivity index (χ0v) is 11.4. The number of nitrogens with one attached hydrogen (secondary N) is 1. The van der Waals surface area contributed by atoms with Gasteiger partial charge in [0.25, 0.3) is 0 Å². The molecule has 1 N–H and O–H groups in total. The van der Waals surface area contributed by atoms with E-state index in [1.165, 1.54) is 19.4 Å². The van der Waals surface area contributed by atoms with Crippen LogP contribution in [0.2, 0.25) is 0 Å². The van der Waals surface area contributed by atoms with Gasteiger partial charge in [0.05, 0.1) is 0 Å². The highest BCUT2D eigenvalue weighted by Gasteiger charge is 2.25. The Balaban J connectivity index is 1.59. The van der Waals surface area contributed by atoms with E-state index in [1.54, 1.807) is 0 Å². The molecule has 3 heteroatoms. The Kier molecular flexibility index (Phi) is 5.24. The summed E-state index contributed by atoms with van der Waals surface area (Å²) in [6, 6.07) is 0.642. The van der Waals surface area contributed by atoms with Crippen molar-refractivity contribution in [2.75, 3.05) is 19.6 Å². The van der Waals surface area contributed by atoms with E-state index in [0.717, 1.165) is 44.7 Å². The van der Waals surface area contributed by atoms with Crippen molar-refractivity contribution in [2.24, 2.45) is 5.92 Å². The maximum Gasteiger partial charge on any atom is 0.222 e. The maximum absolute atomic E-state index is 11.9. The minimum absolute atomic E-state index is 0.331. The number of amides is 1. The molecule has 1 aliphatic heterocycles. The normalized spacial score (nSPS) is 21.0. The van der Waals surface area contributed by atoms with Gasteiger partial charge in [-0.1, -0.05) is 6.08 Å². The molecule has 1 saturated carbocycles. The van der Waals surface area contributed by atoms with Gasteiger partial charge in [0, 0.05) is 25.6 Å². The molecule has 0 unspecified atom stereocenters. The summed E-state index contributed by atoms with van der Waals surface area (Å²) < 4.78 is 0. The summed E-state index contributed by atoms with van der Waals surface area (Å²) >= 11 is 0. The molecule has 3 nitrogen and oxygen atoms in total. The van der Waals surface area contributed by atoms with Crippen molar-refractivity contribution >= 4 is 5.91 Å². The van der Waals surface area contributed by atoms with Crippen LogP contribution >= 0.6 is 0 Å². The van der Waals surface area contributed by atoms with Crippen LogP contribution in [0, 0.1) is 5.92 Å². The summed E-state index contributed by atoms with van der Waals surface area (Å²) in [7, 11) is 0. The standard InChI is InChI=1S/C15H26N2O/c1-2-3-4-5-15(18)17-10-8-14(9-11-17)16-12-13-6-7-13/h2,13-14,16H,1,3-12H2. The molecule has 0 spiro atoms. The van der Waals surface area contributed by atoms with Gasteiger partial charge in [-0.2, -0.15) is 0 Å². The Bertz CT molecular complexity index is 278. The summed E-state index contributed by atoms with van der Waals surface area (Å²) in [6.07, 6.45) is 9.54. The second kappa shape index (κ2) is 6.93. The highest BCUT2D eigenvalue weighted by molar-refractivity contribution is 5.76. The van der Waals surface area contributed by atoms with Gasteiger partial charge in [-0.25, -0.2) is 0 Å². The van der Waals surface area contributed by atoms with Crippen LogP contribution in [0.4, 0.5) is 0 Å². The molecule has 0 aromatic carbocycles. The van der Waals surface area contributed by atoms with Gasteiger partial charge in [-0.3, -0.25) is 4.79 Å². The first-order chi connectivity index (χ1) is 8.79. The molecular formula is C15H26N2O. The Hall–Kier alpha value is -0.830. The van der Waals surface area contributed by atoms with E-state index in [0.29, 0.717) is 18.4 Å². The number of allylic oxidation sites excluding steroid dienone is 1. The minimum atomic E-state index is 0.331. The van der Waals surface area contributed by atoms with Gasteiger partial charge in [-0.15, -0.1) is 6.58 Å². The topological polar surface area (TPSA) is 32.3 Å². The number of likely N-dealkylation sites (tertiary alicyclic amines) is 1. The van der Waals surface area contributed by atoms with E-state index >= 15 is 0 Å². The van der Waals surface area contributed by atoms with E-state index in [9.17, 15) is 4.79 Å². The van der Waals surface area contributed by atoms with Crippen LogP contribution in [0.5, 0.6) is 0 Å². The summed E-state index contributed by atoms with van der Waals surface area (Å²) in [4.78, 5) is 14.0. The van der Waals surface area contributed by atoms with Crippen LogP contribution < -0.4 is 5.32 Å². The minimum Gasteiger partial charge on any atom is -0.343 e. The second-order valence-electron chi connectivity index (χ2n) is 5.69. The molecule has 2 rings (SSSR count). The van der Waals surface area contributed by atoms with Crippen LogP contribution in [0.25, 0.3) is 0 Å². The molecular weight excluding hydrogens is 224 g/mol. The third-order valence-electron chi connectivity index (χ3n) is 4.04. The number of unbranched alkanes of at least 4 members (excludes halogenated alkanes) is 1. The van der Waals surface area contributed by atoms with E-state index in [1.807, 2.05) is 11.0 Å². The Morgan fingerprint density at radius 2 is 2.00 bits per heavy atom. The van der Waals surface area contributed by atoms with Gasteiger partial charge in [-0.05, 0) is 51.0 Å². The first-order valence-corrected chi connectivity index (χ1v) is 7.41. The van der Waals surface area contributed by atoms with Crippen molar-refractivity contribution in [3.05, 3.63) is 12.7 Å². The van der Waals surface area contributed by atoms with Gasteiger partial charge >= 0.3 is 0 Å². The number of piperidine rings is 1. The lowest BCUT2D eigenvalue weighted by atomic mass is 10.0. The zero-order valence-electron chi connectivity index (χ0n) is 11.4. The summed E-state index contributed by atoms with van der Waals surface area (Å²) in [6.45, 7) is 6.76. The number of hydrogen-bond acceptors (Lipinski definition) is 2. The van der Waals surface area contributed by atoms with Crippen molar-refractivity contribution < 1.29 is 4.79 Å². The van der Waals surface area contributed by atoms with E-state index in [2.05, 4.69) is 11.9 Å². The molecule has 1 aliphatic carbocycles. The highest BCUT2D eigenvalue weighted by Crippen LogP contribution is 2.28.